The number of aryl methyl sites for hydroxylation is 1. The number of anilines is 2. The van der Waals surface area contributed by atoms with Crippen molar-refractivity contribution >= 4 is 17.3 Å². The summed E-state index contributed by atoms with van der Waals surface area (Å²) >= 11 is 0. The number of rotatable bonds is 7. The second kappa shape index (κ2) is 10.2. The van der Waals surface area contributed by atoms with E-state index in [1.54, 1.807) is 6.07 Å². The van der Waals surface area contributed by atoms with Gasteiger partial charge < -0.3 is 15.0 Å². The highest BCUT2D eigenvalue weighted by Crippen LogP contribution is 2.39. The van der Waals surface area contributed by atoms with Crippen molar-refractivity contribution < 1.29 is 18.3 Å². The molecule has 1 unspecified atom stereocenters. The molecule has 0 heterocycles. The number of halogens is 2. The molecule has 0 saturated carbocycles. The Morgan fingerprint density at radius 1 is 1.09 bits per heavy atom. The van der Waals surface area contributed by atoms with E-state index in [1.165, 1.54) is 11.6 Å². The number of benzene rings is 3. The molecular weight excluding hydrogens is 434 g/mol. The van der Waals surface area contributed by atoms with Crippen LogP contribution in [0, 0.1) is 18.6 Å². The van der Waals surface area contributed by atoms with Gasteiger partial charge in [0.2, 0.25) is 0 Å². The molecule has 0 bridgehead atoms. The van der Waals surface area contributed by atoms with Crippen LogP contribution in [0.1, 0.15) is 46.7 Å². The van der Waals surface area contributed by atoms with Gasteiger partial charge in [-0.2, -0.15) is 0 Å². The lowest BCUT2D eigenvalue weighted by molar-refractivity contribution is -0.144. The van der Waals surface area contributed by atoms with Gasteiger partial charge in [-0.3, -0.25) is 4.79 Å². The van der Waals surface area contributed by atoms with Gasteiger partial charge in [0.1, 0.15) is 6.61 Å². The van der Waals surface area contributed by atoms with Gasteiger partial charge in [0.25, 0.3) is 0 Å². The van der Waals surface area contributed by atoms with E-state index in [9.17, 15) is 13.6 Å². The number of carbonyl (C=O) groups excluding carboxylic acids is 1. The molecule has 0 radical (unpaired) electrons. The predicted octanol–water partition coefficient (Wildman–Crippen LogP) is 6.11. The zero-order valence-electron chi connectivity index (χ0n) is 19.8. The number of hydrogen-bond donors (Lipinski definition) is 1. The highest BCUT2D eigenvalue weighted by Gasteiger charge is 2.26. The quantitative estimate of drug-likeness (QED) is 0.428. The average Bonchev–Trinajstić information content (AvgIpc) is 2.80. The highest BCUT2D eigenvalue weighted by atomic mass is 19.2. The third kappa shape index (κ3) is 5.38. The molecule has 178 valence electrons. The molecule has 0 aliphatic heterocycles. The minimum atomic E-state index is -0.866. The second-order valence-corrected chi connectivity index (χ2v) is 9.08. The van der Waals surface area contributed by atoms with Crippen LogP contribution in [0.5, 0.6) is 0 Å². The summed E-state index contributed by atoms with van der Waals surface area (Å²) in [5.41, 5.74) is 6.90. The summed E-state index contributed by atoms with van der Waals surface area (Å²) in [5.74, 6) is -1.99. The monoisotopic (exact) mass is 464 g/mol. The molecular formula is C28H30F2N2O2. The molecule has 0 fully saturated rings. The van der Waals surface area contributed by atoms with E-state index < -0.39 is 11.6 Å². The van der Waals surface area contributed by atoms with Crippen molar-refractivity contribution in [1.29, 1.82) is 0 Å². The number of ether oxygens (including phenoxy) is 1. The Kier molecular flexibility index (Phi) is 7.15. The van der Waals surface area contributed by atoms with Crippen LogP contribution >= 0.6 is 0 Å². The summed E-state index contributed by atoms with van der Waals surface area (Å²) in [7, 11) is 3.95. The Balaban J connectivity index is 1.53. The SMILES string of the molecule is Cc1cccc(COC(=O)Cc2ccc3c(c2N(C)C)CCCC3Nc2ccc(F)c(F)c2)c1. The Bertz CT molecular complexity index is 1190. The number of nitrogens with one attached hydrogen (secondary N) is 1. The molecule has 3 aromatic carbocycles. The molecule has 4 nitrogen and oxygen atoms in total. The maximum atomic E-state index is 13.7. The van der Waals surface area contributed by atoms with Crippen molar-refractivity contribution in [3.05, 3.63) is 94.0 Å². The van der Waals surface area contributed by atoms with Crippen molar-refractivity contribution in [3.63, 3.8) is 0 Å². The number of nitrogens with zero attached hydrogens (tertiary/aromatic N) is 1. The molecule has 1 aliphatic rings. The van der Waals surface area contributed by atoms with Crippen LogP contribution in [-0.4, -0.2) is 20.1 Å². The lowest BCUT2D eigenvalue weighted by Gasteiger charge is -2.32. The van der Waals surface area contributed by atoms with Crippen molar-refractivity contribution in [2.24, 2.45) is 0 Å². The largest absolute Gasteiger partial charge is 0.461 e. The molecule has 6 heteroatoms. The van der Waals surface area contributed by atoms with E-state index >= 15 is 0 Å². The van der Waals surface area contributed by atoms with Crippen molar-refractivity contribution in [2.45, 2.75) is 45.3 Å². The molecule has 1 N–H and O–H groups in total. The van der Waals surface area contributed by atoms with Gasteiger partial charge >= 0.3 is 5.97 Å². The third-order valence-electron chi connectivity index (χ3n) is 6.22. The summed E-state index contributed by atoms with van der Waals surface area (Å²) in [4.78, 5) is 14.7. The normalized spacial score (nSPS) is 14.9. The number of esters is 1. The first kappa shape index (κ1) is 23.7. The standard InChI is InChI=1S/C28H30F2N2O2/c1-18-6-4-7-19(14-18)17-34-27(33)15-20-10-12-22-23(28(20)32(2)3)8-5-9-26(22)31-21-11-13-24(29)25(30)16-21/h4,6-7,10-14,16,26,31H,5,8-9,15,17H2,1-3H3. The van der Waals surface area contributed by atoms with Crippen LogP contribution in [0.4, 0.5) is 20.2 Å². The first-order chi connectivity index (χ1) is 16.3. The average molecular weight is 465 g/mol. The van der Waals surface area contributed by atoms with Crippen molar-refractivity contribution in [3.8, 4) is 0 Å². The molecule has 1 atom stereocenters. The van der Waals surface area contributed by atoms with E-state index in [0.29, 0.717) is 5.69 Å². The molecule has 3 aromatic rings. The fraction of sp³-hybridized carbons (Fsp3) is 0.321. The fourth-order valence-corrected chi connectivity index (χ4v) is 4.74. The van der Waals surface area contributed by atoms with E-state index in [1.807, 2.05) is 62.3 Å². The number of fused-ring (bicyclic) bond motifs is 1. The van der Waals surface area contributed by atoms with Crippen LogP contribution in [0.25, 0.3) is 0 Å². The number of hydrogen-bond acceptors (Lipinski definition) is 4. The van der Waals surface area contributed by atoms with Crippen LogP contribution in [0.2, 0.25) is 0 Å². The molecule has 0 saturated heterocycles. The van der Waals surface area contributed by atoms with Gasteiger partial charge in [-0.25, -0.2) is 8.78 Å². The van der Waals surface area contributed by atoms with E-state index in [0.717, 1.165) is 53.3 Å². The van der Waals surface area contributed by atoms with Crippen LogP contribution in [0.15, 0.2) is 54.6 Å². The molecule has 0 spiro atoms. The highest BCUT2D eigenvalue weighted by molar-refractivity contribution is 5.77. The van der Waals surface area contributed by atoms with Crippen LogP contribution < -0.4 is 10.2 Å². The smallest absolute Gasteiger partial charge is 0.310 e. The zero-order valence-corrected chi connectivity index (χ0v) is 19.8. The first-order valence-corrected chi connectivity index (χ1v) is 11.6. The lowest BCUT2D eigenvalue weighted by Crippen LogP contribution is -2.23. The molecule has 4 rings (SSSR count). The molecule has 0 aromatic heterocycles. The minimum Gasteiger partial charge on any atom is -0.461 e. The summed E-state index contributed by atoms with van der Waals surface area (Å²) in [6.07, 6.45) is 2.92. The van der Waals surface area contributed by atoms with E-state index in [4.69, 9.17) is 4.74 Å². The van der Waals surface area contributed by atoms with Crippen molar-refractivity contribution in [2.75, 3.05) is 24.3 Å². The van der Waals surface area contributed by atoms with Crippen LogP contribution in [0.3, 0.4) is 0 Å². The summed E-state index contributed by atoms with van der Waals surface area (Å²) in [6.45, 7) is 2.26. The second-order valence-electron chi connectivity index (χ2n) is 9.08. The predicted molar refractivity (Wildman–Crippen MR) is 131 cm³/mol. The summed E-state index contributed by atoms with van der Waals surface area (Å²) in [6, 6.07) is 15.8. The van der Waals surface area contributed by atoms with Gasteiger partial charge in [0.05, 0.1) is 12.5 Å². The Labute approximate surface area is 199 Å². The van der Waals surface area contributed by atoms with Gasteiger partial charge in [-0.15, -0.1) is 0 Å². The van der Waals surface area contributed by atoms with Gasteiger partial charge in [-0.05, 0) is 60.6 Å². The maximum absolute atomic E-state index is 13.7. The zero-order chi connectivity index (χ0) is 24.2. The molecule has 1 aliphatic carbocycles. The Hall–Kier alpha value is -3.41. The lowest BCUT2D eigenvalue weighted by atomic mass is 9.84. The minimum absolute atomic E-state index is 0.0189. The third-order valence-corrected chi connectivity index (χ3v) is 6.22. The fourth-order valence-electron chi connectivity index (χ4n) is 4.74. The number of carbonyl (C=O) groups is 1. The molecule has 34 heavy (non-hydrogen) atoms. The Morgan fingerprint density at radius 2 is 1.91 bits per heavy atom. The first-order valence-electron chi connectivity index (χ1n) is 11.6. The summed E-state index contributed by atoms with van der Waals surface area (Å²) in [5, 5.41) is 3.36. The van der Waals surface area contributed by atoms with Crippen LogP contribution in [-0.2, 0) is 29.0 Å². The maximum Gasteiger partial charge on any atom is 0.310 e. The van der Waals surface area contributed by atoms with Crippen molar-refractivity contribution in [1.82, 2.24) is 0 Å². The van der Waals surface area contributed by atoms with E-state index in [2.05, 4.69) is 5.32 Å². The van der Waals surface area contributed by atoms with Gasteiger partial charge in [0, 0.05) is 31.5 Å². The topological polar surface area (TPSA) is 41.6 Å². The molecule has 0 amide bonds. The van der Waals surface area contributed by atoms with Gasteiger partial charge in [0.15, 0.2) is 11.6 Å². The van der Waals surface area contributed by atoms with E-state index in [-0.39, 0.29) is 25.0 Å². The summed E-state index contributed by atoms with van der Waals surface area (Å²) < 4.78 is 32.6. The Morgan fingerprint density at radius 3 is 2.65 bits per heavy atom. The van der Waals surface area contributed by atoms with Gasteiger partial charge in [-0.1, -0.05) is 42.0 Å².